The third-order valence-electron chi connectivity index (χ3n) is 4.42. The van der Waals surface area contributed by atoms with Crippen molar-refractivity contribution in [2.75, 3.05) is 11.5 Å². The Labute approximate surface area is 212 Å². The molecule has 5 nitrogen and oxygen atoms in total. The number of Topliss-reactive ketones (excluding diaryl/α,β-unsaturated/α-hetero) is 1. The van der Waals surface area contributed by atoms with Crippen molar-refractivity contribution in [3.8, 4) is 0 Å². The van der Waals surface area contributed by atoms with Crippen LogP contribution in [0.4, 0.5) is 0 Å². The Balaban J connectivity index is 0.000000469. The Hall–Kier alpha value is -2.77. The van der Waals surface area contributed by atoms with Crippen LogP contribution in [0.1, 0.15) is 57.0 Å². The molecule has 0 aromatic heterocycles. The maximum absolute atomic E-state index is 11.2. The molecule has 0 saturated carbocycles. The quantitative estimate of drug-likeness (QED) is 0.356. The van der Waals surface area contributed by atoms with E-state index in [0.29, 0.717) is 9.79 Å². The minimum absolute atomic E-state index is 0.125. The first-order valence-corrected chi connectivity index (χ1v) is 14.9. The first-order chi connectivity index (χ1) is 16.4. The molecule has 3 rings (SSSR count). The number of rotatable bonds is 5. The van der Waals surface area contributed by atoms with E-state index in [1.165, 1.54) is 12.0 Å². The predicted molar refractivity (Wildman–Crippen MR) is 145 cm³/mol. The van der Waals surface area contributed by atoms with Crippen LogP contribution in [-0.2, 0) is 19.7 Å². The van der Waals surface area contributed by atoms with E-state index in [-0.39, 0.29) is 17.3 Å². The van der Waals surface area contributed by atoms with Crippen molar-refractivity contribution in [1.82, 2.24) is 0 Å². The van der Waals surface area contributed by atoms with Crippen molar-refractivity contribution in [2.45, 2.75) is 57.8 Å². The lowest BCUT2D eigenvalue weighted by Crippen LogP contribution is -2.02. The molecule has 3 aromatic rings. The minimum atomic E-state index is -3.00. The van der Waals surface area contributed by atoms with Gasteiger partial charge in [0, 0.05) is 5.56 Å². The highest BCUT2D eigenvalue weighted by Crippen LogP contribution is 2.09. The summed E-state index contributed by atoms with van der Waals surface area (Å²) in [5, 5.41) is 0. The highest BCUT2D eigenvalue weighted by atomic mass is 32.2. The minimum Gasteiger partial charge on any atom is -0.295 e. The molecular formula is C28H38O5S2. The van der Waals surface area contributed by atoms with Gasteiger partial charge in [0.15, 0.2) is 25.5 Å². The molecule has 0 amide bonds. The number of aryl methyl sites for hydroxylation is 1. The highest BCUT2D eigenvalue weighted by Gasteiger charge is 2.09. The molecule has 0 fully saturated rings. The van der Waals surface area contributed by atoms with E-state index in [4.69, 9.17) is 0 Å². The second-order valence-corrected chi connectivity index (χ2v) is 12.1. The summed E-state index contributed by atoms with van der Waals surface area (Å²) < 4.78 is 44.8. The summed E-state index contributed by atoms with van der Waals surface area (Å²) in [6, 6.07) is 24.5. The fourth-order valence-electron chi connectivity index (χ4n) is 2.38. The van der Waals surface area contributed by atoms with Gasteiger partial charge in [-0.1, -0.05) is 100 Å². The molecule has 0 N–H and O–H groups in total. The predicted octanol–water partition coefficient (Wildman–Crippen LogP) is 6.57. The highest BCUT2D eigenvalue weighted by molar-refractivity contribution is 7.91. The molecule has 0 atom stereocenters. The van der Waals surface area contributed by atoms with Crippen LogP contribution >= 0.6 is 0 Å². The summed E-state index contributed by atoms with van der Waals surface area (Å²) in [6.45, 7) is 11.1. The van der Waals surface area contributed by atoms with Gasteiger partial charge in [-0.05, 0) is 38.1 Å². The van der Waals surface area contributed by atoms with Crippen LogP contribution in [0.25, 0.3) is 0 Å². The lowest BCUT2D eigenvalue weighted by molar-refractivity contribution is 0.101. The van der Waals surface area contributed by atoms with Crippen LogP contribution < -0.4 is 0 Å². The Morgan fingerprint density at radius 3 is 1.17 bits per heavy atom. The van der Waals surface area contributed by atoms with E-state index in [1.807, 2.05) is 31.2 Å². The molecule has 0 aliphatic carbocycles. The Morgan fingerprint density at radius 1 is 0.600 bits per heavy atom. The van der Waals surface area contributed by atoms with Crippen LogP contribution in [0.5, 0.6) is 0 Å². The van der Waals surface area contributed by atoms with Crippen LogP contribution in [0.15, 0.2) is 94.7 Å². The van der Waals surface area contributed by atoms with E-state index < -0.39 is 19.7 Å². The van der Waals surface area contributed by atoms with Gasteiger partial charge in [-0.3, -0.25) is 4.79 Å². The standard InChI is InChI=1S/C9H10O.2C8H10O2S.C3H8/c1-7-3-5-9(6-4-7)8(2)10;2*1-2-11(9,10)8-6-4-3-5-7-8;1-3-2/h3-6H,1-2H3;2*3-7H,2H2,1H3;3H2,1-2H3. The molecule has 0 radical (unpaired) electrons. The number of hydrogen-bond acceptors (Lipinski definition) is 5. The van der Waals surface area contributed by atoms with E-state index >= 15 is 0 Å². The van der Waals surface area contributed by atoms with E-state index in [9.17, 15) is 21.6 Å². The summed E-state index contributed by atoms with van der Waals surface area (Å²) in [5.74, 6) is 0.452. The van der Waals surface area contributed by atoms with E-state index in [0.717, 1.165) is 5.56 Å². The topological polar surface area (TPSA) is 85.3 Å². The Morgan fingerprint density at radius 2 is 0.914 bits per heavy atom. The number of carbonyl (C=O) groups excluding carboxylic acids is 1. The van der Waals surface area contributed by atoms with Gasteiger partial charge in [-0.25, -0.2) is 16.8 Å². The molecule has 0 aliphatic heterocycles. The van der Waals surface area contributed by atoms with Crippen LogP contribution in [0.2, 0.25) is 0 Å². The van der Waals surface area contributed by atoms with Gasteiger partial charge in [0.25, 0.3) is 0 Å². The van der Waals surface area contributed by atoms with Crippen LogP contribution in [0.3, 0.4) is 0 Å². The van der Waals surface area contributed by atoms with Gasteiger partial charge < -0.3 is 0 Å². The average Bonchev–Trinajstić information content (AvgIpc) is 2.86. The normalized spacial score (nSPS) is 10.3. The fraction of sp³-hybridized carbons (Fsp3) is 0.321. The molecule has 0 heterocycles. The van der Waals surface area contributed by atoms with E-state index in [1.54, 1.807) is 81.4 Å². The van der Waals surface area contributed by atoms with Crippen molar-refractivity contribution >= 4 is 25.5 Å². The van der Waals surface area contributed by atoms with Gasteiger partial charge in [-0.15, -0.1) is 0 Å². The fourth-order valence-corrected chi connectivity index (χ4v) is 4.19. The number of hydrogen-bond donors (Lipinski definition) is 0. The average molecular weight is 519 g/mol. The Bertz CT molecular complexity index is 1120. The van der Waals surface area contributed by atoms with Gasteiger partial charge >= 0.3 is 0 Å². The largest absolute Gasteiger partial charge is 0.295 e. The summed E-state index contributed by atoms with van der Waals surface area (Å²) in [7, 11) is -6.00. The van der Waals surface area contributed by atoms with Crippen molar-refractivity contribution in [3.63, 3.8) is 0 Å². The zero-order valence-electron chi connectivity index (χ0n) is 21.6. The molecule has 192 valence electrons. The van der Waals surface area contributed by atoms with Crippen molar-refractivity contribution in [3.05, 3.63) is 96.1 Å². The third-order valence-corrected chi connectivity index (χ3v) is 7.92. The SMILES string of the molecule is CC(=O)c1ccc(C)cc1.CCC.CCS(=O)(=O)c1ccccc1.CCS(=O)(=O)c1ccccc1. The van der Waals surface area contributed by atoms with Gasteiger partial charge in [-0.2, -0.15) is 0 Å². The number of sulfone groups is 2. The lowest BCUT2D eigenvalue weighted by Gasteiger charge is -1.98. The molecule has 35 heavy (non-hydrogen) atoms. The number of carbonyl (C=O) groups is 1. The van der Waals surface area contributed by atoms with Gasteiger partial charge in [0.05, 0.1) is 21.3 Å². The molecular weight excluding hydrogens is 480 g/mol. The Kier molecular flexibility index (Phi) is 15.5. The summed E-state index contributed by atoms with van der Waals surface area (Å²) in [5.41, 5.74) is 1.97. The second-order valence-electron chi connectivity index (χ2n) is 7.56. The van der Waals surface area contributed by atoms with Crippen LogP contribution in [-0.4, -0.2) is 34.1 Å². The molecule has 0 spiro atoms. The van der Waals surface area contributed by atoms with Crippen molar-refractivity contribution < 1.29 is 21.6 Å². The van der Waals surface area contributed by atoms with Crippen molar-refractivity contribution in [2.24, 2.45) is 0 Å². The summed E-state index contributed by atoms with van der Waals surface area (Å²) >= 11 is 0. The number of benzene rings is 3. The van der Waals surface area contributed by atoms with Gasteiger partial charge in [0.2, 0.25) is 0 Å². The van der Waals surface area contributed by atoms with Crippen molar-refractivity contribution in [1.29, 1.82) is 0 Å². The zero-order chi connectivity index (χ0) is 26.9. The molecule has 0 unspecified atom stereocenters. The van der Waals surface area contributed by atoms with Gasteiger partial charge in [0.1, 0.15) is 0 Å². The molecule has 0 aliphatic rings. The maximum Gasteiger partial charge on any atom is 0.178 e. The molecule has 0 bridgehead atoms. The maximum atomic E-state index is 11.2. The second kappa shape index (κ2) is 16.8. The summed E-state index contributed by atoms with van der Waals surface area (Å²) in [4.78, 5) is 11.6. The first-order valence-electron chi connectivity index (χ1n) is 11.6. The third kappa shape index (κ3) is 13.0. The summed E-state index contributed by atoms with van der Waals surface area (Å²) in [6.07, 6.45) is 1.25. The number of ketones is 1. The van der Waals surface area contributed by atoms with E-state index in [2.05, 4.69) is 13.8 Å². The molecule has 3 aromatic carbocycles. The first kappa shape index (κ1) is 32.2. The lowest BCUT2D eigenvalue weighted by atomic mass is 10.1. The zero-order valence-corrected chi connectivity index (χ0v) is 23.2. The monoisotopic (exact) mass is 518 g/mol. The smallest absolute Gasteiger partial charge is 0.178 e. The molecule has 0 saturated heterocycles. The van der Waals surface area contributed by atoms with Crippen LogP contribution in [0, 0.1) is 6.92 Å². The molecule has 7 heteroatoms.